The van der Waals surface area contributed by atoms with E-state index < -0.39 is 31.1 Å². The van der Waals surface area contributed by atoms with Gasteiger partial charge in [-0.05, 0) is 93.8 Å². The van der Waals surface area contributed by atoms with Gasteiger partial charge in [0.05, 0.1) is 51.0 Å². The van der Waals surface area contributed by atoms with Crippen molar-refractivity contribution in [3.63, 3.8) is 0 Å². The molecular formula is C60H68Cl3N23O9S5. The molecule has 14 rings (SSSR count). The Labute approximate surface area is 603 Å². The molecule has 40 heteroatoms. The number of aliphatic hydroxyl groups is 2. The number of nitro groups is 1. The second-order valence-corrected chi connectivity index (χ2v) is 30.4. The number of nitrogens with zero attached hydrogens (tertiary/aromatic N) is 13. The average molecular weight is 1520 g/mol. The quantitative estimate of drug-likeness (QED) is 0.0170. The minimum absolute atomic E-state index is 0. The number of sulfonamides is 2. The van der Waals surface area contributed by atoms with Gasteiger partial charge in [0.15, 0.2) is 75.6 Å². The van der Waals surface area contributed by atoms with Crippen molar-refractivity contribution in [2.24, 2.45) is 10.3 Å². The van der Waals surface area contributed by atoms with Crippen LogP contribution in [0.5, 0.6) is 0 Å². The molecule has 12 heterocycles. The first-order chi connectivity index (χ1) is 47.8. The van der Waals surface area contributed by atoms with Gasteiger partial charge in [0.2, 0.25) is 20.0 Å². The fraction of sp³-hybridized carbons (Fsp3) is 0.233. The molecule has 100 heavy (non-hydrogen) atoms. The molecule has 32 nitrogen and oxygen atoms in total. The van der Waals surface area contributed by atoms with E-state index in [4.69, 9.17) is 61.0 Å². The van der Waals surface area contributed by atoms with Crippen LogP contribution in [-0.4, -0.2) is 119 Å². The molecule has 1 atom stereocenters. The Balaban J connectivity index is 0.000000217. The van der Waals surface area contributed by atoms with Gasteiger partial charge in [0.1, 0.15) is 28.4 Å². The highest BCUT2D eigenvalue weighted by Gasteiger charge is 2.28. The molecular weight excluding hydrogens is 1450 g/mol. The van der Waals surface area contributed by atoms with Gasteiger partial charge in [-0.3, -0.25) is 30.5 Å². The number of furan rings is 1. The summed E-state index contributed by atoms with van der Waals surface area (Å²) in [6.07, 6.45) is 16.7. The number of nitrogens with two attached hydrogens (primary N) is 2. The molecule has 12 aromatic rings. The van der Waals surface area contributed by atoms with Crippen molar-refractivity contribution in [3.05, 3.63) is 156 Å². The molecule has 0 bridgehead atoms. The van der Waals surface area contributed by atoms with E-state index in [2.05, 4.69) is 108 Å². The largest absolute Gasteiger partial charge is 0.433 e. The summed E-state index contributed by atoms with van der Waals surface area (Å²) in [6, 6.07) is 20.0. The molecule has 0 aliphatic heterocycles. The number of hydrogen-bond acceptors (Lipinski definition) is 28. The van der Waals surface area contributed by atoms with Crippen LogP contribution in [0.25, 0.3) is 43.7 Å². The van der Waals surface area contributed by atoms with Crippen molar-refractivity contribution in [3.8, 4) is 56.0 Å². The summed E-state index contributed by atoms with van der Waals surface area (Å²) < 4.78 is 50.7. The van der Waals surface area contributed by atoms with Crippen molar-refractivity contribution in [2.75, 3.05) is 27.9 Å². The Hall–Kier alpha value is -9.69. The van der Waals surface area contributed by atoms with E-state index in [0.717, 1.165) is 68.0 Å². The maximum atomic E-state index is 11.4. The normalized spacial score (nSPS) is 13.1. The minimum Gasteiger partial charge on any atom is -0.397 e. The maximum absolute atomic E-state index is 11.4. The highest BCUT2D eigenvalue weighted by Crippen LogP contribution is 2.42. The number of nitrogens with one attached hydrogen (secondary N) is 8. The summed E-state index contributed by atoms with van der Waals surface area (Å²) in [5, 5.41) is 81.6. The molecule has 14 N–H and O–H groups in total. The topological polar surface area (TPSA) is 483 Å². The summed E-state index contributed by atoms with van der Waals surface area (Å²) in [5.74, 6) is 9.25. The number of rotatable bonds is 22. The van der Waals surface area contributed by atoms with Gasteiger partial charge in [-0.25, -0.2) is 67.0 Å². The Morgan fingerprint density at radius 2 is 1.10 bits per heavy atom. The summed E-state index contributed by atoms with van der Waals surface area (Å²) in [6.45, 7) is 6.03. The molecule has 12 aromatic heterocycles. The number of anilines is 8. The third-order valence-electron chi connectivity index (χ3n) is 14.3. The number of halogens is 3. The molecule has 2 saturated carbocycles. The van der Waals surface area contributed by atoms with E-state index in [1.807, 2.05) is 51.1 Å². The molecule has 0 amide bonds. The molecule has 0 radical (unpaired) electrons. The van der Waals surface area contributed by atoms with Crippen LogP contribution in [0.4, 0.5) is 52.4 Å². The smallest absolute Gasteiger partial charge is 0.397 e. The first kappa shape index (κ1) is 71.6. The maximum Gasteiger partial charge on any atom is 0.433 e. The number of aromatic nitrogens is 16. The lowest BCUT2D eigenvalue weighted by molar-refractivity contribution is -0.401. The Morgan fingerprint density at radius 3 is 1.55 bits per heavy atom. The predicted octanol–water partition coefficient (Wildman–Crippen LogP) is 13.6. The number of terminal acetylenes is 1. The fourth-order valence-corrected chi connectivity index (χ4v) is 13.6. The zero-order valence-corrected chi connectivity index (χ0v) is 58.8. The van der Waals surface area contributed by atoms with Crippen LogP contribution >= 0.6 is 68.8 Å². The Kier molecular flexibility index (Phi) is 22.4. The van der Waals surface area contributed by atoms with Crippen LogP contribution in [-0.2, 0) is 20.0 Å². The standard InChI is InChI=1S/C20H21N5O2S.C14H11ClN6O3.C14H15ClN6O2S2.C12H11ClN6O2S2.5H2/c1-2-12-11-21-20(17-8-7-16(28-17)15(27)4-3-9-26)23-19(12)22-18-10-14(24-25-18)13-5-6-13;15-8-6-16-14(10-3-4-12(24-10)21(22)23)18-13(8)17-11-5-9(19-20-11)7-1-2-7;1-7(2)9-5-11(21-20-9)18-13-8(15)6-17-14(19-13)10-3-4-12(24-10)25(16,22)23;1-6-4-9(19-18-6)16-11-7(13)5-15-12(17-11)8-2-3-10(22-8)23(14,20)21;;;;;/h1,7-8,10-11,13,15,26-27H,3-6,9H2,(H2,21,22,23,24,25);3-7H,1-2H2,(H2,16,17,18,19,20);3-7H,1-2H3,(H2,16,22,23)(H2,17,18,19,20,21);2-5H,1H3,(H2,14,20,21)(H2,15,16,17,18,19);5*1H. The summed E-state index contributed by atoms with van der Waals surface area (Å²) in [7, 11) is -7.50. The molecule has 0 saturated heterocycles. The van der Waals surface area contributed by atoms with E-state index in [0.29, 0.717) is 125 Å². The lowest BCUT2D eigenvalue weighted by Crippen LogP contribution is -2.09. The van der Waals surface area contributed by atoms with Gasteiger partial charge in [-0.2, -0.15) is 20.4 Å². The number of primary sulfonamides is 2. The SMILES string of the molecule is C#Cc1cnc(-c2ccc(C(O)CCCO)s2)nc1Nc1cc(C2CC2)[nH]n1.CC(C)c1cc(Nc2nc(-c3ccc(S(N)(=O)=O)s3)ncc2Cl)n[nH]1.Cc1cc(Nc2nc(-c3ccc(S(N)(=O)=O)s3)ncc2Cl)n[nH]1.O=[N+]([O-])c1ccc(-c2ncc(Cl)c(Nc3cc(C4CC4)[nH]n3)n2)o1.[HH].[HH].[HH].[HH].[HH]. The predicted molar refractivity (Wildman–Crippen MR) is 390 cm³/mol. The zero-order valence-electron chi connectivity index (χ0n) is 52.5. The molecule has 528 valence electrons. The highest BCUT2D eigenvalue weighted by atomic mass is 35.5. The summed E-state index contributed by atoms with van der Waals surface area (Å²) >= 11 is 21.7. The summed E-state index contributed by atoms with van der Waals surface area (Å²) in [4.78, 5) is 47.0. The van der Waals surface area contributed by atoms with Crippen LogP contribution in [0, 0.1) is 29.4 Å². The van der Waals surface area contributed by atoms with Gasteiger partial charge < -0.3 is 35.9 Å². The van der Waals surface area contributed by atoms with E-state index in [9.17, 15) is 32.1 Å². The molecule has 2 fully saturated rings. The minimum atomic E-state index is -3.76. The van der Waals surface area contributed by atoms with E-state index in [1.165, 1.54) is 67.0 Å². The van der Waals surface area contributed by atoms with Crippen molar-refractivity contribution in [1.82, 2.24) is 80.7 Å². The highest BCUT2D eigenvalue weighted by molar-refractivity contribution is 7.91. The van der Waals surface area contributed by atoms with E-state index in [1.54, 1.807) is 24.4 Å². The van der Waals surface area contributed by atoms with Crippen molar-refractivity contribution in [1.29, 1.82) is 0 Å². The van der Waals surface area contributed by atoms with Crippen LogP contribution in [0.2, 0.25) is 15.1 Å². The van der Waals surface area contributed by atoms with Crippen LogP contribution < -0.4 is 31.5 Å². The van der Waals surface area contributed by atoms with E-state index >= 15 is 0 Å². The van der Waals surface area contributed by atoms with Crippen molar-refractivity contribution >= 4 is 141 Å². The first-order valence-corrected chi connectivity index (χ1v) is 36.6. The third kappa shape index (κ3) is 18.6. The van der Waals surface area contributed by atoms with Crippen LogP contribution in [0.1, 0.15) is 117 Å². The number of thiophene rings is 3. The van der Waals surface area contributed by atoms with Crippen molar-refractivity contribution in [2.45, 2.75) is 91.6 Å². The third-order valence-corrected chi connectivity index (χ3v) is 21.3. The molecule has 0 spiro atoms. The fourth-order valence-electron chi connectivity index (χ4n) is 8.91. The number of hydrogen-bond donors (Lipinski definition) is 12. The lowest BCUT2D eigenvalue weighted by atomic mass is 10.1. The van der Waals surface area contributed by atoms with Gasteiger partial charge in [0.25, 0.3) is 0 Å². The van der Waals surface area contributed by atoms with Crippen LogP contribution in [0.3, 0.4) is 0 Å². The molecule has 2 aliphatic rings. The lowest BCUT2D eigenvalue weighted by Gasteiger charge is -2.07. The van der Waals surface area contributed by atoms with Gasteiger partial charge in [-0.1, -0.05) is 54.6 Å². The number of aryl methyl sites for hydroxylation is 1. The van der Waals surface area contributed by atoms with E-state index in [-0.39, 0.29) is 39.6 Å². The van der Waals surface area contributed by atoms with Gasteiger partial charge >= 0.3 is 5.88 Å². The van der Waals surface area contributed by atoms with Crippen molar-refractivity contribution < 1.29 is 43.5 Å². The number of aliphatic hydroxyl groups excluding tert-OH is 2. The zero-order chi connectivity index (χ0) is 71.0. The average Bonchev–Trinajstić information content (AvgIpc) is 1.76. The van der Waals surface area contributed by atoms with Gasteiger partial charge in [0, 0.05) is 83.7 Å². The molecule has 2 aliphatic carbocycles. The Bertz CT molecular complexity index is 5200. The first-order valence-electron chi connectivity index (χ1n) is 29.9. The second kappa shape index (κ2) is 31.2. The number of H-pyrrole nitrogens is 4. The van der Waals surface area contributed by atoms with Gasteiger partial charge in [-0.15, -0.1) is 40.4 Å². The van der Waals surface area contributed by atoms with Crippen LogP contribution in [0.15, 0.2) is 110 Å². The Morgan fingerprint density at radius 1 is 0.650 bits per heavy atom. The second-order valence-electron chi connectivity index (χ2n) is 22.3. The molecule has 0 aromatic carbocycles. The number of aromatic amines is 4. The molecule has 1 unspecified atom stereocenters. The monoisotopic (exact) mass is 1520 g/mol. The summed E-state index contributed by atoms with van der Waals surface area (Å²) in [5.41, 5.74) is 4.61.